The van der Waals surface area contributed by atoms with Gasteiger partial charge in [-0.1, -0.05) is 18.2 Å². The molecule has 0 fully saturated rings. The molecular formula is C14H23NO2S. The van der Waals surface area contributed by atoms with Crippen molar-refractivity contribution < 1.29 is 9.47 Å². The van der Waals surface area contributed by atoms with Gasteiger partial charge >= 0.3 is 0 Å². The van der Waals surface area contributed by atoms with Crippen molar-refractivity contribution in [1.29, 1.82) is 0 Å². The monoisotopic (exact) mass is 269 g/mol. The predicted octanol–water partition coefficient (Wildman–Crippen LogP) is 2.77. The van der Waals surface area contributed by atoms with Crippen LogP contribution in [0, 0.1) is 0 Å². The molecule has 0 heterocycles. The second kappa shape index (κ2) is 10.4. The predicted molar refractivity (Wildman–Crippen MR) is 77.1 cm³/mol. The van der Waals surface area contributed by atoms with Crippen LogP contribution in [0.4, 0.5) is 0 Å². The van der Waals surface area contributed by atoms with Crippen LogP contribution < -0.4 is 5.32 Å². The van der Waals surface area contributed by atoms with Gasteiger partial charge in [0, 0.05) is 37.0 Å². The zero-order chi connectivity index (χ0) is 13.1. The lowest BCUT2D eigenvalue weighted by atomic mass is 10.4. The van der Waals surface area contributed by atoms with E-state index >= 15 is 0 Å². The Morgan fingerprint density at radius 1 is 1.11 bits per heavy atom. The number of ether oxygens (including phenoxy) is 2. The van der Waals surface area contributed by atoms with Gasteiger partial charge in [0.05, 0.1) is 0 Å². The molecule has 0 unspecified atom stereocenters. The summed E-state index contributed by atoms with van der Waals surface area (Å²) >= 11 is 1.85. The second-order valence-electron chi connectivity index (χ2n) is 3.71. The zero-order valence-electron chi connectivity index (χ0n) is 11.2. The summed E-state index contributed by atoms with van der Waals surface area (Å²) in [6.07, 6.45) is -0.123. The Hall–Kier alpha value is -0.550. The summed E-state index contributed by atoms with van der Waals surface area (Å²) in [6, 6.07) is 10.4. The molecule has 102 valence electrons. The number of thioether (sulfide) groups is 1. The van der Waals surface area contributed by atoms with Crippen molar-refractivity contribution in [3.8, 4) is 0 Å². The van der Waals surface area contributed by atoms with Crippen LogP contribution in [-0.4, -0.2) is 38.3 Å². The lowest BCUT2D eigenvalue weighted by molar-refractivity contribution is -0.132. The number of benzene rings is 1. The van der Waals surface area contributed by atoms with Crippen molar-refractivity contribution in [2.45, 2.75) is 25.0 Å². The SMILES string of the molecule is CCOC(CNCCSc1ccccc1)OCC. The quantitative estimate of drug-likeness (QED) is 0.402. The molecule has 0 aliphatic heterocycles. The van der Waals surface area contributed by atoms with E-state index < -0.39 is 0 Å². The first-order valence-corrected chi connectivity index (χ1v) is 7.47. The minimum absolute atomic E-state index is 0.123. The maximum atomic E-state index is 5.46. The third-order valence-corrected chi connectivity index (χ3v) is 3.32. The Morgan fingerprint density at radius 3 is 2.39 bits per heavy atom. The minimum atomic E-state index is -0.123. The molecule has 3 nitrogen and oxygen atoms in total. The third kappa shape index (κ3) is 7.01. The standard InChI is InChI=1S/C14H23NO2S/c1-3-16-14(17-4-2)12-15-10-11-18-13-8-6-5-7-9-13/h5-9,14-15H,3-4,10-12H2,1-2H3. The lowest BCUT2D eigenvalue weighted by Crippen LogP contribution is -2.32. The summed E-state index contributed by atoms with van der Waals surface area (Å²) in [5.74, 6) is 1.05. The Morgan fingerprint density at radius 2 is 1.78 bits per heavy atom. The molecule has 0 saturated heterocycles. The molecule has 0 aliphatic carbocycles. The van der Waals surface area contributed by atoms with E-state index in [0.717, 1.165) is 18.8 Å². The van der Waals surface area contributed by atoms with Crippen molar-refractivity contribution in [2.75, 3.05) is 32.1 Å². The van der Waals surface area contributed by atoms with Crippen LogP contribution in [0.1, 0.15) is 13.8 Å². The molecule has 0 spiro atoms. The molecule has 1 N–H and O–H groups in total. The fourth-order valence-corrected chi connectivity index (χ4v) is 2.35. The zero-order valence-corrected chi connectivity index (χ0v) is 12.0. The van der Waals surface area contributed by atoms with E-state index in [4.69, 9.17) is 9.47 Å². The van der Waals surface area contributed by atoms with Gasteiger partial charge in [0.25, 0.3) is 0 Å². The Kier molecular flexibility index (Phi) is 8.94. The molecular weight excluding hydrogens is 246 g/mol. The largest absolute Gasteiger partial charge is 0.352 e. The van der Waals surface area contributed by atoms with Gasteiger partial charge in [-0.05, 0) is 26.0 Å². The van der Waals surface area contributed by atoms with Gasteiger partial charge in [-0.2, -0.15) is 0 Å². The molecule has 4 heteroatoms. The van der Waals surface area contributed by atoms with Gasteiger partial charge in [-0.15, -0.1) is 11.8 Å². The fraction of sp³-hybridized carbons (Fsp3) is 0.571. The summed E-state index contributed by atoms with van der Waals surface area (Å²) in [6.45, 7) is 7.04. The lowest BCUT2D eigenvalue weighted by Gasteiger charge is -2.17. The van der Waals surface area contributed by atoms with E-state index in [1.807, 2.05) is 31.7 Å². The van der Waals surface area contributed by atoms with E-state index in [9.17, 15) is 0 Å². The minimum Gasteiger partial charge on any atom is -0.352 e. The molecule has 0 bridgehead atoms. The Balaban J connectivity index is 2.06. The summed E-state index contributed by atoms with van der Waals surface area (Å²) in [5, 5.41) is 3.35. The fourth-order valence-electron chi connectivity index (χ4n) is 1.52. The van der Waals surface area contributed by atoms with Crippen molar-refractivity contribution >= 4 is 11.8 Å². The van der Waals surface area contributed by atoms with Crippen LogP contribution in [0.5, 0.6) is 0 Å². The highest BCUT2D eigenvalue weighted by atomic mass is 32.2. The highest BCUT2D eigenvalue weighted by Crippen LogP contribution is 2.15. The first kappa shape index (κ1) is 15.5. The number of hydrogen-bond acceptors (Lipinski definition) is 4. The average Bonchev–Trinajstić information content (AvgIpc) is 2.40. The molecule has 0 atom stereocenters. The van der Waals surface area contributed by atoms with Crippen molar-refractivity contribution in [3.05, 3.63) is 30.3 Å². The van der Waals surface area contributed by atoms with Gasteiger partial charge < -0.3 is 14.8 Å². The highest BCUT2D eigenvalue weighted by Gasteiger charge is 2.06. The molecule has 0 saturated carbocycles. The van der Waals surface area contributed by atoms with Crippen molar-refractivity contribution in [1.82, 2.24) is 5.32 Å². The maximum Gasteiger partial charge on any atom is 0.169 e. The number of hydrogen-bond donors (Lipinski definition) is 1. The van der Waals surface area contributed by atoms with E-state index in [0.29, 0.717) is 13.2 Å². The Labute approximate surface area is 114 Å². The maximum absolute atomic E-state index is 5.46. The number of rotatable bonds is 10. The summed E-state index contributed by atoms with van der Waals surface area (Å²) in [4.78, 5) is 1.31. The normalized spacial score (nSPS) is 11.1. The van der Waals surface area contributed by atoms with Crippen LogP contribution in [0.2, 0.25) is 0 Å². The first-order chi connectivity index (χ1) is 8.86. The molecule has 1 aromatic rings. The van der Waals surface area contributed by atoms with Crippen molar-refractivity contribution in [2.24, 2.45) is 0 Å². The summed E-state index contributed by atoms with van der Waals surface area (Å²) in [5.41, 5.74) is 0. The third-order valence-electron chi connectivity index (χ3n) is 2.31. The van der Waals surface area contributed by atoms with Gasteiger partial charge in [-0.25, -0.2) is 0 Å². The van der Waals surface area contributed by atoms with E-state index in [2.05, 4.69) is 29.6 Å². The molecule has 1 rings (SSSR count). The smallest absolute Gasteiger partial charge is 0.169 e. The van der Waals surface area contributed by atoms with Crippen molar-refractivity contribution in [3.63, 3.8) is 0 Å². The summed E-state index contributed by atoms with van der Waals surface area (Å²) in [7, 11) is 0. The second-order valence-corrected chi connectivity index (χ2v) is 4.87. The first-order valence-electron chi connectivity index (χ1n) is 6.48. The molecule has 0 aliphatic rings. The van der Waals surface area contributed by atoms with E-state index in [-0.39, 0.29) is 6.29 Å². The van der Waals surface area contributed by atoms with Crippen LogP contribution in [0.25, 0.3) is 0 Å². The van der Waals surface area contributed by atoms with E-state index in [1.165, 1.54) is 4.90 Å². The molecule has 1 aromatic carbocycles. The van der Waals surface area contributed by atoms with Gasteiger partial charge in [0.1, 0.15) is 0 Å². The van der Waals surface area contributed by atoms with Crippen LogP contribution >= 0.6 is 11.8 Å². The average molecular weight is 269 g/mol. The molecule has 18 heavy (non-hydrogen) atoms. The molecule has 0 radical (unpaired) electrons. The highest BCUT2D eigenvalue weighted by molar-refractivity contribution is 7.99. The van der Waals surface area contributed by atoms with E-state index in [1.54, 1.807) is 0 Å². The van der Waals surface area contributed by atoms with Gasteiger partial charge in [0.15, 0.2) is 6.29 Å². The number of nitrogens with one attached hydrogen (secondary N) is 1. The van der Waals surface area contributed by atoms with Crippen LogP contribution in [0.3, 0.4) is 0 Å². The molecule has 0 aromatic heterocycles. The van der Waals surface area contributed by atoms with Gasteiger partial charge in [0.2, 0.25) is 0 Å². The van der Waals surface area contributed by atoms with Gasteiger partial charge in [-0.3, -0.25) is 0 Å². The Bertz CT molecular complexity index is 289. The topological polar surface area (TPSA) is 30.5 Å². The van der Waals surface area contributed by atoms with Crippen LogP contribution in [-0.2, 0) is 9.47 Å². The molecule has 0 amide bonds. The van der Waals surface area contributed by atoms with Crippen LogP contribution in [0.15, 0.2) is 35.2 Å². The summed E-state index contributed by atoms with van der Waals surface area (Å²) < 4.78 is 10.9.